The van der Waals surface area contributed by atoms with E-state index in [9.17, 15) is 0 Å². The van der Waals surface area contributed by atoms with Gasteiger partial charge in [-0.3, -0.25) is 4.90 Å². The van der Waals surface area contributed by atoms with E-state index in [1.807, 2.05) is 36.5 Å². The molecule has 3 rings (SSSR count). The summed E-state index contributed by atoms with van der Waals surface area (Å²) in [6.07, 6.45) is 3.10. The molecule has 1 unspecified atom stereocenters. The van der Waals surface area contributed by atoms with Crippen LogP contribution in [0.15, 0.2) is 36.5 Å². The predicted molar refractivity (Wildman–Crippen MR) is 90.5 cm³/mol. The van der Waals surface area contributed by atoms with Crippen molar-refractivity contribution in [1.29, 1.82) is 0 Å². The zero-order valence-electron chi connectivity index (χ0n) is 13.2. The zero-order chi connectivity index (χ0) is 14.7. The lowest BCUT2D eigenvalue weighted by molar-refractivity contribution is 0.201. The summed E-state index contributed by atoms with van der Waals surface area (Å²) < 4.78 is 0. The molecule has 2 aromatic rings. The van der Waals surface area contributed by atoms with Crippen LogP contribution in [0.5, 0.6) is 0 Å². The molecule has 0 bridgehead atoms. The van der Waals surface area contributed by atoms with Crippen molar-refractivity contribution in [3.63, 3.8) is 0 Å². The first-order valence-corrected chi connectivity index (χ1v) is 7.51. The van der Waals surface area contributed by atoms with Gasteiger partial charge in [0.15, 0.2) is 0 Å². The van der Waals surface area contributed by atoms with Gasteiger partial charge in [0.05, 0.1) is 17.6 Å². The second-order valence-corrected chi connectivity index (χ2v) is 6.37. The van der Waals surface area contributed by atoms with Crippen LogP contribution < -0.4 is 5.32 Å². The van der Waals surface area contributed by atoms with E-state index in [1.165, 1.54) is 6.42 Å². The maximum Gasteiger partial charge on any atom is 0.0971 e. The van der Waals surface area contributed by atoms with E-state index >= 15 is 0 Å². The third-order valence-corrected chi connectivity index (χ3v) is 4.07. The highest BCUT2D eigenvalue weighted by Gasteiger charge is 2.29. The third-order valence-electron chi connectivity index (χ3n) is 4.07. The maximum absolute atomic E-state index is 4.57. The van der Waals surface area contributed by atoms with Gasteiger partial charge in [0, 0.05) is 19.6 Å². The molecule has 1 aliphatic heterocycles. The fraction of sp³-hybridized carbons (Fsp3) is 0.500. The molecule has 1 aromatic heterocycles. The van der Waals surface area contributed by atoms with E-state index in [1.54, 1.807) is 4.80 Å². The van der Waals surface area contributed by atoms with Gasteiger partial charge in [-0.1, -0.05) is 25.1 Å². The predicted octanol–water partition coefficient (Wildman–Crippen LogP) is 2.12. The highest BCUT2D eigenvalue weighted by Crippen LogP contribution is 2.25. The first-order valence-electron chi connectivity index (χ1n) is 7.51. The fourth-order valence-electron chi connectivity index (χ4n) is 3.04. The Bertz CT molecular complexity index is 577. The van der Waals surface area contributed by atoms with E-state index in [4.69, 9.17) is 0 Å². The van der Waals surface area contributed by atoms with E-state index in [2.05, 4.69) is 34.4 Å². The van der Waals surface area contributed by atoms with Crippen molar-refractivity contribution in [2.24, 2.45) is 5.41 Å². The van der Waals surface area contributed by atoms with Gasteiger partial charge in [0.25, 0.3) is 0 Å². The molecule has 1 N–H and O–H groups in total. The molecule has 1 aliphatic rings. The Morgan fingerprint density at radius 2 is 2.09 bits per heavy atom. The number of hydrogen-bond donors (Lipinski definition) is 1. The highest BCUT2D eigenvalue weighted by atomic mass is 35.5. The Hall–Kier alpha value is -1.43. The Kier molecular flexibility index (Phi) is 5.56. The monoisotopic (exact) mass is 321 g/mol. The molecular weight excluding hydrogens is 298 g/mol. The van der Waals surface area contributed by atoms with Crippen LogP contribution in [0.3, 0.4) is 0 Å². The Labute approximate surface area is 138 Å². The Morgan fingerprint density at radius 1 is 1.32 bits per heavy atom. The number of aromatic nitrogens is 3. The summed E-state index contributed by atoms with van der Waals surface area (Å²) in [5.74, 6) is 0. The number of nitrogens with one attached hydrogen (secondary N) is 1. The topological polar surface area (TPSA) is 46.0 Å². The maximum atomic E-state index is 4.57. The minimum atomic E-state index is 0. The van der Waals surface area contributed by atoms with Crippen LogP contribution in [0.1, 0.15) is 19.0 Å². The van der Waals surface area contributed by atoms with Gasteiger partial charge in [0.2, 0.25) is 0 Å². The molecule has 120 valence electrons. The van der Waals surface area contributed by atoms with E-state index in [0.29, 0.717) is 5.41 Å². The number of nitrogens with zero attached hydrogens (tertiary/aromatic N) is 4. The molecule has 1 fully saturated rings. The van der Waals surface area contributed by atoms with Crippen molar-refractivity contribution in [1.82, 2.24) is 25.2 Å². The highest BCUT2D eigenvalue weighted by molar-refractivity contribution is 5.85. The molecule has 0 amide bonds. The van der Waals surface area contributed by atoms with Crippen LogP contribution in [0.4, 0.5) is 0 Å². The second-order valence-electron chi connectivity index (χ2n) is 6.37. The quantitative estimate of drug-likeness (QED) is 0.916. The summed E-state index contributed by atoms with van der Waals surface area (Å²) in [5, 5.41) is 12.4. The van der Waals surface area contributed by atoms with Gasteiger partial charge in [-0.15, -0.1) is 12.4 Å². The summed E-state index contributed by atoms with van der Waals surface area (Å²) in [4.78, 5) is 4.04. The minimum Gasteiger partial charge on any atom is -0.316 e. The van der Waals surface area contributed by atoms with Gasteiger partial charge in [-0.05, 0) is 37.6 Å². The van der Waals surface area contributed by atoms with Crippen molar-refractivity contribution in [3.05, 3.63) is 42.2 Å². The molecule has 6 heteroatoms. The summed E-state index contributed by atoms with van der Waals surface area (Å²) in [6, 6.07) is 10.0. The first-order chi connectivity index (χ1) is 10.1. The molecule has 0 aliphatic carbocycles. The minimum absolute atomic E-state index is 0. The van der Waals surface area contributed by atoms with E-state index in [0.717, 1.165) is 37.6 Å². The van der Waals surface area contributed by atoms with Crippen LogP contribution in [-0.4, -0.2) is 46.6 Å². The average molecular weight is 322 g/mol. The average Bonchev–Trinajstić information content (AvgIpc) is 3.09. The standard InChI is InChI=1S/C16H23N5.ClH/c1-16(8-9-17-12-16)13-20(2)11-14-10-18-21(19-14)15-6-4-3-5-7-15;/h3-7,10,17H,8-9,11-13H2,1-2H3;1H. The van der Waals surface area contributed by atoms with Crippen molar-refractivity contribution < 1.29 is 0 Å². The van der Waals surface area contributed by atoms with Crippen molar-refractivity contribution in [3.8, 4) is 5.69 Å². The zero-order valence-corrected chi connectivity index (χ0v) is 14.0. The lowest BCUT2D eigenvalue weighted by Gasteiger charge is -2.28. The summed E-state index contributed by atoms with van der Waals surface area (Å²) in [5.41, 5.74) is 2.39. The first kappa shape index (κ1) is 16.9. The summed E-state index contributed by atoms with van der Waals surface area (Å²) in [7, 11) is 2.16. The molecule has 1 saturated heterocycles. The summed E-state index contributed by atoms with van der Waals surface area (Å²) in [6.45, 7) is 6.51. The molecule has 0 saturated carbocycles. The van der Waals surface area contributed by atoms with Crippen molar-refractivity contribution in [2.45, 2.75) is 19.9 Å². The molecule has 2 heterocycles. The molecule has 1 atom stereocenters. The Balaban J connectivity index is 0.00000176. The Morgan fingerprint density at radius 3 is 2.77 bits per heavy atom. The molecule has 22 heavy (non-hydrogen) atoms. The van der Waals surface area contributed by atoms with Crippen LogP contribution in [0, 0.1) is 5.41 Å². The van der Waals surface area contributed by atoms with Crippen LogP contribution in [-0.2, 0) is 6.54 Å². The number of hydrogen-bond acceptors (Lipinski definition) is 4. The van der Waals surface area contributed by atoms with Crippen molar-refractivity contribution in [2.75, 3.05) is 26.7 Å². The van der Waals surface area contributed by atoms with Crippen LogP contribution in [0.25, 0.3) is 5.69 Å². The number of benzene rings is 1. The molecule has 5 nitrogen and oxygen atoms in total. The normalized spacial score (nSPS) is 21.0. The molecule has 0 spiro atoms. The van der Waals surface area contributed by atoms with Gasteiger partial charge < -0.3 is 5.32 Å². The molecule has 0 radical (unpaired) electrons. The number of para-hydroxylation sites is 1. The van der Waals surface area contributed by atoms with E-state index in [-0.39, 0.29) is 12.4 Å². The summed E-state index contributed by atoms with van der Waals surface area (Å²) >= 11 is 0. The second kappa shape index (κ2) is 7.22. The van der Waals surface area contributed by atoms with Gasteiger partial charge >= 0.3 is 0 Å². The van der Waals surface area contributed by atoms with E-state index < -0.39 is 0 Å². The molecule has 1 aromatic carbocycles. The largest absolute Gasteiger partial charge is 0.316 e. The van der Waals surface area contributed by atoms with Gasteiger partial charge in [0.1, 0.15) is 0 Å². The SMILES string of the molecule is CN(Cc1cnn(-c2ccccc2)n1)CC1(C)CCNC1.Cl. The number of rotatable bonds is 5. The van der Waals surface area contributed by atoms with Gasteiger partial charge in [-0.2, -0.15) is 15.0 Å². The lowest BCUT2D eigenvalue weighted by atomic mass is 9.89. The smallest absolute Gasteiger partial charge is 0.0971 e. The molecular formula is C16H24ClN5. The van der Waals surface area contributed by atoms with Crippen LogP contribution >= 0.6 is 12.4 Å². The lowest BCUT2D eigenvalue weighted by Crippen LogP contribution is -2.34. The van der Waals surface area contributed by atoms with Gasteiger partial charge in [-0.25, -0.2) is 0 Å². The number of halogens is 1. The third kappa shape index (κ3) is 4.06. The van der Waals surface area contributed by atoms with Crippen molar-refractivity contribution >= 4 is 12.4 Å². The van der Waals surface area contributed by atoms with Crippen LogP contribution in [0.2, 0.25) is 0 Å². The fourth-order valence-corrected chi connectivity index (χ4v) is 3.04.